The van der Waals surface area contributed by atoms with Crippen LogP contribution in [0.5, 0.6) is 0 Å². The highest BCUT2D eigenvalue weighted by molar-refractivity contribution is 6.11. The number of furan rings is 1. The average molecular weight is 489 g/mol. The molecular weight excluding hydrogens is 450 g/mol. The molecule has 2 nitrogen and oxygen atoms in total. The van der Waals surface area contributed by atoms with E-state index < -0.39 is 0 Å². The van der Waals surface area contributed by atoms with Crippen molar-refractivity contribution in [1.29, 1.82) is 0 Å². The van der Waals surface area contributed by atoms with Crippen LogP contribution in [0.3, 0.4) is 0 Å². The fourth-order valence-corrected chi connectivity index (χ4v) is 7.04. The van der Waals surface area contributed by atoms with Gasteiger partial charge in [-0.3, -0.25) is 0 Å². The fourth-order valence-electron chi connectivity index (χ4n) is 7.04. The van der Waals surface area contributed by atoms with E-state index >= 15 is 0 Å². The Hall–Kier alpha value is -3.39. The van der Waals surface area contributed by atoms with Crippen molar-refractivity contribution >= 4 is 21.9 Å². The SMILES string of the molecule is Cc1cc[n+](C)c(-c2c(C)ccc3c2oc2cc4c(cc23)-c2ccccc2C4(CC(C)C)CC(C)C)c1. The van der Waals surface area contributed by atoms with Gasteiger partial charge in [0.2, 0.25) is 5.69 Å². The summed E-state index contributed by atoms with van der Waals surface area (Å²) in [5.74, 6) is 1.19. The molecule has 0 aliphatic heterocycles. The van der Waals surface area contributed by atoms with Crippen molar-refractivity contribution < 1.29 is 8.98 Å². The molecule has 0 amide bonds. The maximum absolute atomic E-state index is 6.83. The molecule has 37 heavy (non-hydrogen) atoms. The number of pyridine rings is 1. The van der Waals surface area contributed by atoms with Crippen molar-refractivity contribution in [3.8, 4) is 22.4 Å². The Labute approximate surface area is 221 Å². The van der Waals surface area contributed by atoms with E-state index in [9.17, 15) is 0 Å². The van der Waals surface area contributed by atoms with Gasteiger partial charge in [-0.25, -0.2) is 4.57 Å². The molecule has 6 rings (SSSR count). The van der Waals surface area contributed by atoms with Crippen molar-refractivity contribution in [1.82, 2.24) is 0 Å². The van der Waals surface area contributed by atoms with Gasteiger partial charge in [0.05, 0.1) is 5.56 Å². The first kappa shape index (κ1) is 24.0. The molecule has 0 bridgehead atoms. The molecule has 0 saturated heterocycles. The zero-order valence-corrected chi connectivity index (χ0v) is 23.3. The first-order chi connectivity index (χ1) is 17.7. The van der Waals surface area contributed by atoms with E-state index in [0.717, 1.165) is 24.0 Å². The third-order valence-corrected chi connectivity index (χ3v) is 8.31. The monoisotopic (exact) mass is 488 g/mol. The summed E-state index contributed by atoms with van der Waals surface area (Å²) in [6.45, 7) is 13.8. The highest BCUT2D eigenvalue weighted by Crippen LogP contribution is 2.56. The van der Waals surface area contributed by atoms with E-state index in [0.29, 0.717) is 11.8 Å². The quantitative estimate of drug-likeness (QED) is 0.226. The first-order valence-corrected chi connectivity index (χ1v) is 13.8. The van der Waals surface area contributed by atoms with Crippen LogP contribution in [0.2, 0.25) is 0 Å². The number of fused-ring (bicyclic) bond motifs is 6. The topological polar surface area (TPSA) is 17.0 Å². The second kappa shape index (κ2) is 8.58. The molecule has 0 atom stereocenters. The van der Waals surface area contributed by atoms with E-state index in [4.69, 9.17) is 4.42 Å². The molecule has 0 fully saturated rings. The highest BCUT2D eigenvalue weighted by Gasteiger charge is 2.44. The molecule has 188 valence electrons. The van der Waals surface area contributed by atoms with Crippen LogP contribution >= 0.6 is 0 Å². The Morgan fingerprint density at radius 3 is 2.24 bits per heavy atom. The number of rotatable bonds is 5. The Kier molecular flexibility index (Phi) is 5.56. The van der Waals surface area contributed by atoms with Gasteiger partial charge in [-0.1, -0.05) is 64.1 Å². The minimum Gasteiger partial charge on any atom is -0.455 e. The molecular formula is C35H38NO+. The fraction of sp³-hybridized carbons (Fsp3) is 0.343. The molecule has 0 saturated carbocycles. The van der Waals surface area contributed by atoms with Gasteiger partial charge >= 0.3 is 0 Å². The number of nitrogens with zero attached hydrogens (tertiary/aromatic N) is 1. The lowest BCUT2D eigenvalue weighted by molar-refractivity contribution is -0.660. The van der Waals surface area contributed by atoms with Gasteiger partial charge in [0, 0.05) is 28.3 Å². The summed E-state index contributed by atoms with van der Waals surface area (Å²) in [6, 6.07) is 22.8. The molecule has 0 N–H and O–H groups in total. The zero-order valence-electron chi connectivity index (χ0n) is 23.3. The lowest BCUT2D eigenvalue weighted by Crippen LogP contribution is -2.30. The molecule has 0 unspecified atom stereocenters. The predicted octanol–water partition coefficient (Wildman–Crippen LogP) is 9.05. The number of benzene rings is 3. The summed E-state index contributed by atoms with van der Waals surface area (Å²) in [5.41, 5.74) is 12.6. The summed E-state index contributed by atoms with van der Waals surface area (Å²) >= 11 is 0. The minimum absolute atomic E-state index is 0.0170. The first-order valence-electron chi connectivity index (χ1n) is 13.8. The molecule has 2 heterocycles. The molecule has 2 heteroatoms. The molecule has 2 aromatic heterocycles. The molecule has 1 aliphatic rings. The van der Waals surface area contributed by atoms with E-state index in [1.807, 2.05) is 0 Å². The second-order valence-electron chi connectivity index (χ2n) is 12.2. The minimum atomic E-state index is 0.0170. The van der Waals surface area contributed by atoms with Crippen molar-refractivity contribution in [2.75, 3.05) is 0 Å². The van der Waals surface area contributed by atoms with Crippen LogP contribution in [0.1, 0.15) is 62.8 Å². The summed E-state index contributed by atoms with van der Waals surface area (Å²) in [6.07, 6.45) is 4.43. The number of hydrogen-bond acceptors (Lipinski definition) is 1. The smallest absolute Gasteiger partial charge is 0.216 e. The average Bonchev–Trinajstić information content (AvgIpc) is 3.32. The van der Waals surface area contributed by atoms with Crippen LogP contribution in [0.25, 0.3) is 44.3 Å². The predicted molar refractivity (Wildman–Crippen MR) is 155 cm³/mol. The van der Waals surface area contributed by atoms with E-state index in [1.165, 1.54) is 55.4 Å². The molecule has 3 aromatic carbocycles. The lowest BCUT2D eigenvalue weighted by Gasteiger charge is -2.35. The third-order valence-electron chi connectivity index (χ3n) is 8.31. The summed E-state index contributed by atoms with van der Waals surface area (Å²) < 4.78 is 9.03. The Balaban J connectivity index is 1.68. The van der Waals surface area contributed by atoms with Gasteiger partial charge in [0.15, 0.2) is 6.20 Å². The van der Waals surface area contributed by atoms with Crippen LogP contribution in [0.4, 0.5) is 0 Å². The largest absolute Gasteiger partial charge is 0.455 e. The van der Waals surface area contributed by atoms with Crippen LogP contribution in [-0.2, 0) is 12.5 Å². The molecule has 0 radical (unpaired) electrons. The zero-order chi connectivity index (χ0) is 26.1. The Bertz CT molecular complexity index is 1660. The lowest BCUT2D eigenvalue weighted by atomic mass is 9.68. The van der Waals surface area contributed by atoms with Gasteiger partial charge < -0.3 is 4.42 Å². The highest BCUT2D eigenvalue weighted by atomic mass is 16.3. The van der Waals surface area contributed by atoms with Gasteiger partial charge in [-0.2, -0.15) is 0 Å². The molecule has 1 aliphatic carbocycles. The van der Waals surface area contributed by atoms with E-state index in [2.05, 4.69) is 120 Å². The van der Waals surface area contributed by atoms with Crippen LogP contribution in [0, 0.1) is 25.7 Å². The molecule has 5 aromatic rings. The molecule has 0 spiro atoms. The number of aryl methyl sites for hydroxylation is 3. The maximum Gasteiger partial charge on any atom is 0.216 e. The van der Waals surface area contributed by atoms with Crippen LogP contribution < -0.4 is 4.57 Å². The van der Waals surface area contributed by atoms with Crippen LogP contribution in [-0.4, -0.2) is 0 Å². The maximum atomic E-state index is 6.83. The summed E-state index contributed by atoms with van der Waals surface area (Å²) in [7, 11) is 2.12. The summed E-state index contributed by atoms with van der Waals surface area (Å²) in [5, 5.41) is 2.41. The number of aromatic nitrogens is 1. The normalized spacial score (nSPS) is 14.2. The third kappa shape index (κ3) is 3.64. The van der Waals surface area contributed by atoms with Gasteiger partial charge in [-0.15, -0.1) is 0 Å². The standard InChI is InChI=1S/C35H38NO/c1-21(2)19-35(20-22(3)4)29-11-9-8-10-25(29)27-17-28-26-13-12-24(6)33(31-16-23(5)14-15-36(31)7)34(26)37-32(28)18-30(27)35/h8-18,21-22H,19-20H2,1-7H3/q+1. The van der Waals surface area contributed by atoms with Gasteiger partial charge in [0.25, 0.3) is 0 Å². The van der Waals surface area contributed by atoms with E-state index in [1.54, 1.807) is 0 Å². The van der Waals surface area contributed by atoms with Gasteiger partial charge in [-0.05, 0) is 84.0 Å². The summed E-state index contributed by atoms with van der Waals surface area (Å²) in [4.78, 5) is 0. The Morgan fingerprint density at radius 2 is 1.51 bits per heavy atom. The van der Waals surface area contributed by atoms with Crippen LogP contribution in [0.15, 0.2) is 71.3 Å². The van der Waals surface area contributed by atoms with Crippen molar-refractivity contribution in [3.63, 3.8) is 0 Å². The van der Waals surface area contributed by atoms with Crippen molar-refractivity contribution in [3.05, 3.63) is 89.1 Å². The van der Waals surface area contributed by atoms with E-state index in [-0.39, 0.29) is 5.41 Å². The second-order valence-corrected chi connectivity index (χ2v) is 12.2. The Morgan fingerprint density at radius 1 is 0.784 bits per heavy atom. The number of hydrogen-bond donors (Lipinski definition) is 0. The van der Waals surface area contributed by atoms with Crippen molar-refractivity contribution in [2.45, 2.75) is 59.8 Å². The van der Waals surface area contributed by atoms with Crippen molar-refractivity contribution in [2.24, 2.45) is 18.9 Å². The van der Waals surface area contributed by atoms with Gasteiger partial charge in [0.1, 0.15) is 18.2 Å².